The van der Waals surface area contributed by atoms with Gasteiger partial charge in [0.25, 0.3) is 0 Å². The van der Waals surface area contributed by atoms with Gasteiger partial charge < -0.3 is 5.11 Å². The second-order valence-electron chi connectivity index (χ2n) is 3.64. The Labute approximate surface area is 79.7 Å². The summed E-state index contributed by atoms with van der Waals surface area (Å²) in [6, 6.07) is 0. The topological polar surface area (TPSA) is 23.5 Å². The number of aliphatic hydroxyl groups is 1. The van der Waals surface area contributed by atoms with Gasteiger partial charge in [-0.2, -0.15) is 12.6 Å². The first-order chi connectivity index (χ1) is 5.64. The second kappa shape index (κ2) is 4.30. The number of likely N-dealkylation sites (tertiary alicyclic amines) is 1. The summed E-state index contributed by atoms with van der Waals surface area (Å²) in [5.41, 5.74) is -0.463. The van der Waals surface area contributed by atoms with Crippen molar-refractivity contribution in [2.45, 2.75) is 18.9 Å². The van der Waals surface area contributed by atoms with Gasteiger partial charge in [0.15, 0.2) is 0 Å². The van der Waals surface area contributed by atoms with Gasteiger partial charge in [-0.1, -0.05) is 12.2 Å². The molecule has 70 valence electrons. The Bertz CT molecular complexity index is 168. The zero-order valence-electron chi connectivity index (χ0n) is 7.53. The van der Waals surface area contributed by atoms with Crippen molar-refractivity contribution in [3.8, 4) is 0 Å². The fraction of sp³-hybridized carbons (Fsp3) is 0.778. The van der Waals surface area contributed by atoms with Crippen LogP contribution >= 0.6 is 12.6 Å². The first-order valence-electron chi connectivity index (χ1n) is 4.35. The number of nitrogens with zero attached hydrogens (tertiary/aromatic N) is 1. The van der Waals surface area contributed by atoms with Gasteiger partial charge in [0.1, 0.15) is 0 Å². The lowest BCUT2D eigenvalue weighted by molar-refractivity contribution is 0.0702. The highest BCUT2D eigenvalue weighted by Gasteiger charge is 2.30. The molecular weight excluding hydrogens is 170 g/mol. The third-order valence-corrected chi connectivity index (χ3v) is 2.38. The molecule has 1 aliphatic rings. The Kier molecular flexibility index (Phi) is 3.62. The van der Waals surface area contributed by atoms with Crippen LogP contribution in [0.15, 0.2) is 12.2 Å². The van der Waals surface area contributed by atoms with Crippen molar-refractivity contribution in [3.63, 3.8) is 0 Å². The van der Waals surface area contributed by atoms with Gasteiger partial charge >= 0.3 is 0 Å². The molecule has 0 aromatic carbocycles. The van der Waals surface area contributed by atoms with Crippen LogP contribution < -0.4 is 0 Å². The lowest BCUT2D eigenvalue weighted by Crippen LogP contribution is -2.29. The Morgan fingerprint density at radius 3 is 2.83 bits per heavy atom. The van der Waals surface area contributed by atoms with E-state index in [0.717, 1.165) is 31.8 Å². The summed E-state index contributed by atoms with van der Waals surface area (Å²) in [6.07, 6.45) is 5.03. The minimum Gasteiger partial charge on any atom is -0.389 e. The van der Waals surface area contributed by atoms with Crippen LogP contribution in [0.4, 0.5) is 0 Å². The van der Waals surface area contributed by atoms with E-state index in [9.17, 15) is 5.11 Å². The molecule has 1 fully saturated rings. The van der Waals surface area contributed by atoms with E-state index in [-0.39, 0.29) is 0 Å². The normalized spacial score (nSPS) is 31.9. The average Bonchev–Trinajstić information content (AvgIpc) is 2.31. The Morgan fingerprint density at radius 1 is 1.58 bits per heavy atom. The zero-order valence-corrected chi connectivity index (χ0v) is 8.43. The maximum absolute atomic E-state index is 9.64. The van der Waals surface area contributed by atoms with Crippen LogP contribution in [-0.2, 0) is 0 Å². The van der Waals surface area contributed by atoms with Gasteiger partial charge in [-0.3, -0.25) is 4.90 Å². The van der Waals surface area contributed by atoms with Gasteiger partial charge in [-0.15, -0.1) is 0 Å². The number of hydrogen-bond donors (Lipinski definition) is 2. The van der Waals surface area contributed by atoms with E-state index in [2.05, 4.69) is 23.6 Å². The van der Waals surface area contributed by atoms with Crippen molar-refractivity contribution in [3.05, 3.63) is 12.2 Å². The molecule has 1 rings (SSSR count). The SMILES string of the molecule is CC1(O)CCN(C/C=C/CS)C1. The van der Waals surface area contributed by atoms with Crippen molar-refractivity contribution >= 4 is 12.6 Å². The molecule has 1 saturated heterocycles. The molecule has 0 aliphatic carbocycles. The van der Waals surface area contributed by atoms with Crippen LogP contribution in [0.1, 0.15) is 13.3 Å². The van der Waals surface area contributed by atoms with E-state index in [1.807, 2.05) is 13.0 Å². The Hall–Kier alpha value is 0.01000. The standard InChI is InChI=1S/C9H17NOS/c1-9(11)4-6-10(8-9)5-2-3-7-12/h2-3,11-12H,4-8H2,1H3/b3-2+. The van der Waals surface area contributed by atoms with Crippen LogP contribution in [0.5, 0.6) is 0 Å². The predicted octanol–water partition coefficient (Wildman–Crippen LogP) is 0.929. The molecule has 2 nitrogen and oxygen atoms in total. The molecule has 0 amide bonds. The summed E-state index contributed by atoms with van der Waals surface area (Å²) < 4.78 is 0. The summed E-state index contributed by atoms with van der Waals surface area (Å²) in [6.45, 7) is 4.64. The molecule has 1 N–H and O–H groups in total. The average molecular weight is 187 g/mol. The number of rotatable bonds is 3. The van der Waals surface area contributed by atoms with Crippen molar-refractivity contribution in [1.82, 2.24) is 4.90 Å². The van der Waals surface area contributed by atoms with Gasteiger partial charge in [0.05, 0.1) is 5.60 Å². The minimum absolute atomic E-state index is 0.463. The monoisotopic (exact) mass is 187 g/mol. The van der Waals surface area contributed by atoms with Crippen LogP contribution in [0.2, 0.25) is 0 Å². The first kappa shape index (κ1) is 10.1. The molecule has 0 saturated carbocycles. The molecule has 0 spiro atoms. The largest absolute Gasteiger partial charge is 0.389 e. The third kappa shape index (κ3) is 3.17. The molecule has 3 heteroatoms. The van der Waals surface area contributed by atoms with Gasteiger partial charge in [0, 0.05) is 25.4 Å². The van der Waals surface area contributed by atoms with Crippen LogP contribution in [0.25, 0.3) is 0 Å². The summed E-state index contributed by atoms with van der Waals surface area (Å²) in [5, 5.41) is 9.64. The molecule has 1 aliphatic heterocycles. The molecule has 0 aromatic heterocycles. The zero-order chi connectivity index (χ0) is 9.03. The summed E-state index contributed by atoms with van der Waals surface area (Å²) in [4.78, 5) is 2.25. The maximum atomic E-state index is 9.64. The fourth-order valence-electron chi connectivity index (χ4n) is 1.49. The van der Waals surface area contributed by atoms with Crippen LogP contribution in [0.3, 0.4) is 0 Å². The predicted molar refractivity (Wildman–Crippen MR) is 54.7 cm³/mol. The lowest BCUT2D eigenvalue weighted by Gasteiger charge is -2.16. The van der Waals surface area contributed by atoms with Gasteiger partial charge in [0.2, 0.25) is 0 Å². The van der Waals surface area contributed by atoms with E-state index in [1.54, 1.807) is 0 Å². The van der Waals surface area contributed by atoms with Crippen molar-refractivity contribution in [2.75, 3.05) is 25.4 Å². The fourth-order valence-corrected chi connectivity index (χ4v) is 1.64. The van der Waals surface area contributed by atoms with E-state index in [0.29, 0.717) is 0 Å². The molecule has 0 aromatic rings. The van der Waals surface area contributed by atoms with Crippen LogP contribution in [0, 0.1) is 0 Å². The summed E-state index contributed by atoms with van der Waals surface area (Å²) in [7, 11) is 0. The highest BCUT2D eigenvalue weighted by Crippen LogP contribution is 2.19. The second-order valence-corrected chi connectivity index (χ2v) is 4.00. The van der Waals surface area contributed by atoms with E-state index < -0.39 is 5.60 Å². The van der Waals surface area contributed by atoms with Crippen molar-refractivity contribution in [1.29, 1.82) is 0 Å². The molecule has 12 heavy (non-hydrogen) atoms. The number of thiol groups is 1. The quantitative estimate of drug-likeness (QED) is 0.507. The van der Waals surface area contributed by atoms with Crippen LogP contribution in [-0.4, -0.2) is 41.0 Å². The van der Waals surface area contributed by atoms with Crippen molar-refractivity contribution in [2.24, 2.45) is 0 Å². The Balaban J connectivity index is 2.24. The molecule has 1 unspecified atom stereocenters. The Morgan fingerprint density at radius 2 is 2.33 bits per heavy atom. The molecule has 0 bridgehead atoms. The molecular formula is C9H17NOS. The highest BCUT2D eigenvalue weighted by atomic mass is 32.1. The third-order valence-electron chi connectivity index (χ3n) is 2.17. The van der Waals surface area contributed by atoms with E-state index >= 15 is 0 Å². The summed E-state index contributed by atoms with van der Waals surface area (Å²) >= 11 is 4.08. The number of β-amino-alcohol motifs (C(OH)–C–C–N with tert-alkyl or cyclic N) is 1. The smallest absolute Gasteiger partial charge is 0.0758 e. The number of hydrogen-bond acceptors (Lipinski definition) is 3. The van der Waals surface area contributed by atoms with Gasteiger partial charge in [-0.25, -0.2) is 0 Å². The van der Waals surface area contributed by atoms with Gasteiger partial charge in [-0.05, 0) is 13.3 Å². The highest BCUT2D eigenvalue weighted by molar-refractivity contribution is 7.80. The molecule has 0 radical (unpaired) electrons. The maximum Gasteiger partial charge on any atom is 0.0758 e. The molecule has 1 atom stereocenters. The van der Waals surface area contributed by atoms with Crippen molar-refractivity contribution < 1.29 is 5.11 Å². The van der Waals surface area contributed by atoms with E-state index in [4.69, 9.17) is 0 Å². The lowest BCUT2D eigenvalue weighted by atomic mass is 10.1. The van der Waals surface area contributed by atoms with E-state index in [1.165, 1.54) is 0 Å². The first-order valence-corrected chi connectivity index (χ1v) is 4.98. The summed E-state index contributed by atoms with van der Waals surface area (Å²) in [5.74, 6) is 0.796. The molecule has 1 heterocycles. The minimum atomic E-state index is -0.463.